The number of piperidine rings is 1. The van der Waals surface area contributed by atoms with Crippen molar-refractivity contribution >= 4 is 5.91 Å². The van der Waals surface area contributed by atoms with Gasteiger partial charge in [-0.1, -0.05) is 6.92 Å². The first kappa shape index (κ1) is 11.0. The minimum absolute atomic E-state index is 0.156. The van der Waals surface area contributed by atoms with E-state index in [9.17, 15) is 4.79 Å². The van der Waals surface area contributed by atoms with E-state index in [1.165, 1.54) is 0 Å². The van der Waals surface area contributed by atoms with Crippen LogP contribution in [0.2, 0.25) is 0 Å². The lowest BCUT2D eigenvalue weighted by Gasteiger charge is -2.33. The molecule has 1 atom stereocenters. The van der Waals surface area contributed by atoms with E-state index in [0.29, 0.717) is 17.7 Å². The predicted molar refractivity (Wildman–Crippen MR) is 54.6 cm³/mol. The summed E-state index contributed by atoms with van der Waals surface area (Å²) in [7, 11) is 0. The van der Waals surface area contributed by atoms with Gasteiger partial charge in [0.25, 0.3) is 0 Å². The first-order chi connectivity index (χ1) is 6.57. The molecule has 1 unspecified atom stereocenters. The van der Waals surface area contributed by atoms with E-state index in [4.69, 9.17) is 17.3 Å². The minimum Gasteiger partial charge on any atom is -0.366 e. The number of carbonyl (C=O) groups excluding carboxylic acids is 1. The summed E-state index contributed by atoms with van der Waals surface area (Å²) < 4.78 is 0. The Morgan fingerprint density at radius 2 is 2.29 bits per heavy atom. The van der Waals surface area contributed by atoms with Gasteiger partial charge in [0.1, 0.15) is 0 Å². The number of hydrazine groups is 1. The first-order valence-corrected chi connectivity index (χ1v) is 4.88. The molecule has 5 nitrogen and oxygen atoms in total. The zero-order valence-electron chi connectivity index (χ0n) is 8.49. The van der Waals surface area contributed by atoms with E-state index in [1.807, 2.05) is 6.92 Å². The van der Waals surface area contributed by atoms with E-state index in [1.54, 1.807) is 5.01 Å². The summed E-state index contributed by atoms with van der Waals surface area (Å²) in [5.41, 5.74) is 12.4. The largest absolute Gasteiger partial charge is 0.366 e. The number of hydrogen-bond acceptors (Lipinski definition) is 4. The fourth-order valence-electron chi connectivity index (χ4n) is 1.83. The van der Waals surface area contributed by atoms with Crippen molar-refractivity contribution in [1.29, 1.82) is 0 Å². The lowest BCUT2D eigenvalue weighted by atomic mass is 9.97. The van der Waals surface area contributed by atoms with Crippen LogP contribution in [0.15, 0.2) is 11.3 Å². The van der Waals surface area contributed by atoms with E-state index in [-0.39, 0.29) is 6.04 Å². The van der Waals surface area contributed by atoms with E-state index < -0.39 is 5.91 Å². The number of amides is 1. The van der Waals surface area contributed by atoms with E-state index >= 15 is 0 Å². The topological polar surface area (TPSA) is 98.4 Å². The molecule has 0 aromatic heterocycles. The summed E-state index contributed by atoms with van der Waals surface area (Å²) in [4.78, 5) is 11.1. The molecule has 1 heterocycles. The van der Waals surface area contributed by atoms with Gasteiger partial charge in [-0.05, 0) is 19.3 Å². The van der Waals surface area contributed by atoms with Crippen LogP contribution < -0.4 is 17.3 Å². The van der Waals surface area contributed by atoms with Crippen molar-refractivity contribution < 1.29 is 4.79 Å². The maximum atomic E-state index is 11.1. The molecular formula is C9H18N4O. The Morgan fingerprint density at radius 1 is 1.64 bits per heavy atom. The molecule has 1 aliphatic heterocycles. The van der Waals surface area contributed by atoms with Crippen molar-refractivity contribution in [1.82, 2.24) is 5.01 Å². The zero-order valence-corrected chi connectivity index (χ0v) is 8.49. The van der Waals surface area contributed by atoms with Crippen LogP contribution >= 0.6 is 0 Å². The van der Waals surface area contributed by atoms with Crippen LogP contribution in [0.25, 0.3) is 0 Å². The number of carbonyl (C=O) groups is 1. The van der Waals surface area contributed by atoms with Crippen LogP contribution in [0.5, 0.6) is 0 Å². The SMILES string of the molecule is CC/C(C(N)=O)=C1\C(N)CCCN1N. The second-order valence-electron chi connectivity index (χ2n) is 3.52. The lowest BCUT2D eigenvalue weighted by Crippen LogP contribution is -2.46. The second-order valence-corrected chi connectivity index (χ2v) is 3.52. The summed E-state index contributed by atoms with van der Waals surface area (Å²) in [6, 6.07) is -0.156. The van der Waals surface area contributed by atoms with Crippen molar-refractivity contribution in [2.75, 3.05) is 6.54 Å². The molecule has 1 amide bonds. The first-order valence-electron chi connectivity index (χ1n) is 4.88. The molecule has 1 aliphatic rings. The molecule has 5 heteroatoms. The lowest BCUT2D eigenvalue weighted by molar-refractivity contribution is -0.114. The highest BCUT2D eigenvalue weighted by atomic mass is 16.1. The van der Waals surface area contributed by atoms with Crippen molar-refractivity contribution in [3.05, 3.63) is 11.3 Å². The van der Waals surface area contributed by atoms with Crippen LogP contribution in [0.1, 0.15) is 26.2 Å². The van der Waals surface area contributed by atoms with Gasteiger partial charge in [0, 0.05) is 18.2 Å². The van der Waals surface area contributed by atoms with Crippen molar-refractivity contribution in [3.8, 4) is 0 Å². The fourth-order valence-corrected chi connectivity index (χ4v) is 1.83. The number of rotatable bonds is 2. The van der Waals surface area contributed by atoms with Gasteiger partial charge in [0.15, 0.2) is 0 Å². The Balaban J connectivity index is 3.04. The highest BCUT2D eigenvalue weighted by Crippen LogP contribution is 2.21. The zero-order chi connectivity index (χ0) is 10.7. The van der Waals surface area contributed by atoms with E-state index in [2.05, 4.69) is 0 Å². The molecule has 0 aromatic rings. The van der Waals surface area contributed by atoms with Crippen LogP contribution in [0, 0.1) is 0 Å². The van der Waals surface area contributed by atoms with Crippen molar-refractivity contribution in [3.63, 3.8) is 0 Å². The molecule has 1 fully saturated rings. The third-order valence-corrected chi connectivity index (χ3v) is 2.53. The molecule has 1 saturated heterocycles. The molecule has 6 N–H and O–H groups in total. The third-order valence-electron chi connectivity index (χ3n) is 2.53. The molecule has 0 aliphatic carbocycles. The van der Waals surface area contributed by atoms with Crippen molar-refractivity contribution in [2.24, 2.45) is 17.3 Å². The van der Waals surface area contributed by atoms with Crippen LogP contribution in [0.3, 0.4) is 0 Å². The second kappa shape index (κ2) is 4.43. The fraction of sp³-hybridized carbons (Fsp3) is 0.667. The van der Waals surface area contributed by atoms with Gasteiger partial charge in [-0.3, -0.25) is 4.79 Å². The summed E-state index contributed by atoms with van der Waals surface area (Å²) in [6.07, 6.45) is 2.39. The minimum atomic E-state index is -0.421. The molecule has 14 heavy (non-hydrogen) atoms. The summed E-state index contributed by atoms with van der Waals surface area (Å²) in [5.74, 6) is 5.35. The Bertz CT molecular complexity index is 250. The predicted octanol–water partition coefficient (Wildman–Crippen LogP) is -0.567. The highest BCUT2D eigenvalue weighted by molar-refractivity contribution is 5.92. The number of primary amides is 1. The third kappa shape index (κ3) is 2.05. The van der Waals surface area contributed by atoms with Crippen LogP contribution in [-0.2, 0) is 4.79 Å². The Morgan fingerprint density at radius 3 is 2.71 bits per heavy atom. The monoisotopic (exact) mass is 198 g/mol. The number of nitrogens with zero attached hydrogens (tertiary/aromatic N) is 1. The Labute approximate surface area is 83.9 Å². The molecule has 1 rings (SSSR count). The quantitative estimate of drug-likeness (QED) is 0.409. The molecule has 0 saturated carbocycles. The molecule has 0 bridgehead atoms. The average molecular weight is 198 g/mol. The number of nitrogens with two attached hydrogens (primary N) is 3. The van der Waals surface area contributed by atoms with Gasteiger partial charge < -0.3 is 16.5 Å². The maximum absolute atomic E-state index is 11.1. The molecule has 0 radical (unpaired) electrons. The smallest absolute Gasteiger partial charge is 0.246 e. The summed E-state index contributed by atoms with van der Waals surface area (Å²) in [6.45, 7) is 2.61. The van der Waals surface area contributed by atoms with Crippen LogP contribution in [-0.4, -0.2) is 23.5 Å². The molecule has 0 aromatic carbocycles. The maximum Gasteiger partial charge on any atom is 0.246 e. The highest BCUT2D eigenvalue weighted by Gasteiger charge is 2.24. The van der Waals surface area contributed by atoms with Gasteiger partial charge in [-0.2, -0.15) is 0 Å². The molecule has 0 spiro atoms. The Hall–Kier alpha value is -1.07. The summed E-state index contributed by atoms with van der Waals surface area (Å²) >= 11 is 0. The van der Waals surface area contributed by atoms with Gasteiger partial charge in [-0.25, -0.2) is 5.84 Å². The summed E-state index contributed by atoms with van der Waals surface area (Å²) in [5, 5.41) is 1.55. The average Bonchev–Trinajstić information content (AvgIpc) is 2.10. The normalized spacial score (nSPS) is 26.2. The standard InChI is InChI=1S/C9H18N4O/c1-2-6(9(11)14)8-7(10)4-3-5-13(8)12/h7H,2-5,10,12H2,1H3,(H2,11,14)/b8-6-. The van der Waals surface area contributed by atoms with Gasteiger partial charge >= 0.3 is 0 Å². The van der Waals surface area contributed by atoms with Crippen molar-refractivity contribution in [2.45, 2.75) is 32.2 Å². The molecular weight excluding hydrogens is 180 g/mol. The van der Waals surface area contributed by atoms with Gasteiger partial charge in [0.05, 0.1) is 5.70 Å². The number of hydrogen-bond donors (Lipinski definition) is 3. The Kier molecular flexibility index (Phi) is 3.49. The van der Waals surface area contributed by atoms with Gasteiger partial charge in [-0.15, -0.1) is 0 Å². The van der Waals surface area contributed by atoms with Crippen LogP contribution in [0.4, 0.5) is 0 Å². The van der Waals surface area contributed by atoms with Gasteiger partial charge in [0.2, 0.25) is 5.91 Å². The molecule has 80 valence electrons. The van der Waals surface area contributed by atoms with E-state index in [0.717, 1.165) is 19.4 Å².